The normalized spacial score (nSPS) is 17.4. The van der Waals surface area contributed by atoms with Crippen molar-refractivity contribution in [3.63, 3.8) is 0 Å². The van der Waals surface area contributed by atoms with Gasteiger partial charge in [0.05, 0.1) is 5.92 Å². The lowest BCUT2D eigenvalue weighted by molar-refractivity contribution is 0.149. The molecule has 0 saturated heterocycles. The fourth-order valence-electron chi connectivity index (χ4n) is 0.0986. The van der Waals surface area contributed by atoms with E-state index in [1.165, 1.54) is 0 Å². The first-order chi connectivity index (χ1) is 3.18. The molecule has 0 fully saturated rings. The monoisotopic (exact) mass is 99.1 g/mol. The highest BCUT2D eigenvalue weighted by Gasteiger charge is 2.01. The van der Waals surface area contributed by atoms with Gasteiger partial charge in [0.2, 0.25) is 0 Å². The quantitative estimate of drug-likeness (QED) is 0.345. The first kappa shape index (κ1) is 6.48. The summed E-state index contributed by atoms with van der Waals surface area (Å²) in [7, 11) is 0. The highest BCUT2D eigenvalue weighted by atomic mass is 16.3. The molecular weight excluding hydrogens is 90.1 g/mol. The van der Waals surface area contributed by atoms with Crippen LogP contribution >= 0.6 is 0 Å². The predicted molar refractivity (Wildman–Crippen MR) is 28.2 cm³/mol. The van der Waals surface area contributed by atoms with Crippen LogP contribution in [-0.2, 0) is 0 Å². The molecule has 0 aliphatic carbocycles. The van der Waals surface area contributed by atoms with Crippen molar-refractivity contribution in [3.8, 4) is 12.3 Å². The van der Waals surface area contributed by atoms with Gasteiger partial charge >= 0.3 is 0 Å². The van der Waals surface area contributed by atoms with Gasteiger partial charge in [-0.1, -0.05) is 5.92 Å². The lowest BCUT2D eigenvalue weighted by Gasteiger charge is -2.04. The molecule has 0 aromatic carbocycles. The van der Waals surface area contributed by atoms with Crippen molar-refractivity contribution in [2.75, 3.05) is 0 Å². The molecule has 0 aromatic heterocycles. The Labute approximate surface area is 43.3 Å². The van der Waals surface area contributed by atoms with Gasteiger partial charge in [-0.15, -0.1) is 6.42 Å². The largest absolute Gasteiger partial charge is 0.378 e. The van der Waals surface area contributed by atoms with Gasteiger partial charge < -0.3 is 10.8 Å². The van der Waals surface area contributed by atoms with Crippen LogP contribution in [0.4, 0.5) is 0 Å². The zero-order valence-corrected chi connectivity index (χ0v) is 4.26. The number of aliphatic hydroxyl groups excluding tert-OH is 1. The van der Waals surface area contributed by atoms with E-state index >= 15 is 0 Å². The molecule has 0 radical (unpaired) electrons. The molecule has 0 bridgehead atoms. The third kappa shape index (κ3) is 2.21. The summed E-state index contributed by atoms with van der Waals surface area (Å²) in [6.07, 6.45) is 4.01. The van der Waals surface area contributed by atoms with Crippen LogP contribution in [-0.4, -0.2) is 11.3 Å². The first-order valence-corrected chi connectivity index (χ1v) is 2.08. The molecule has 3 N–H and O–H groups in total. The van der Waals surface area contributed by atoms with Crippen molar-refractivity contribution >= 4 is 0 Å². The van der Waals surface area contributed by atoms with E-state index in [0.717, 1.165) is 0 Å². The Hall–Kier alpha value is -0.520. The number of aliphatic hydroxyl groups is 1. The molecule has 7 heavy (non-hydrogen) atoms. The minimum absolute atomic E-state index is 0.236. The summed E-state index contributed by atoms with van der Waals surface area (Å²) in [6, 6.07) is 0. The summed E-state index contributed by atoms with van der Waals surface area (Å²) in [5, 5.41) is 8.46. The van der Waals surface area contributed by atoms with Crippen LogP contribution in [0.3, 0.4) is 0 Å². The topological polar surface area (TPSA) is 46.2 Å². The molecule has 2 nitrogen and oxygen atoms in total. The second-order valence-corrected chi connectivity index (χ2v) is 1.45. The van der Waals surface area contributed by atoms with Gasteiger partial charge in [-0.05, 0) is 6.92 Å². The van der Waals surface area contributed by atoms with E-state index in [1.54, 1.807) is 6.92 Å². The Bertz CT molecular complexity index is 82.6. The molecule has 2 heteroatoms. The third-order valence-corrected chi connectivity index (χ3v) is 0.775. The Balaban J connectivity index is 3.40. The summed E-state index contributed by atoms with van der Waals surface area (Å²) < 4.78 is 0. The lowest BCUT2D eigenvalue weighted by atomic mass is 10.2. The van der Waals surface area contributed by atoms with E-state index in [1.807, 2.05) is 0 Å². The summed E-state index contributed by atoms with van der Waals surface area (Å²) in [6.45, 7) is 1.69. The Morgan fingerprint density at radius 2 is 2.29 bits per heavy atom. The molecule has 0 spiro atoms. The van der Waals surface area contributed by atoms with Gasteiger partial charge in [-0.3, -0.25) is 0 Å². The van der Waals surface area contributed by atoms with Gasteiger partial charge in [-0.25, -0.2) is 0 Å². The molecule has 0 aromatic rings. The highest BCUT2D eigenvalue weighted by molar-refractivity contribution is 4.92. The second kappa shape index (κ2) is 2.62. The van der Waals surface area contributed by atoms with Gasteiger partial charge in [-0.2, -0.15) is 0 Å². The molecule has 2 atom stereocenters. The molecule has 0 saturated carbocycles. The van der Waals surface area contributed by atoms with Gasteiger partial charge in [0, 0.05) is 0 Å². The van der Waals surface area contributed by atoms with E-state index in [2.05, 4.69) is 5.92 Å². The zero-order valence-electron chi connectivity index (χ0n) is 4.26. The van der Waals surface area contributed by atoms with E-state index in [0.29, 0.717) is 0 Å². The van der Waals surface area contributed by atoms with Crippen LogP contribution in [0.2, 0.25) is 0 Å². The van der Waals surface area contributed by atoms with Crippen LogP contribution in [0.1, 0.15) is 6.92 Å². The molecule has 0 amide bonds. The minimum atomic E-state index is -0.870. The number of rotatable bonds is 1. The fraction of sp³-hybridized carbons (Fsp3) is 0.600. The number of terminal acetylenes is 1. The first-order valence-electron chi connectivity index (χ1n) is 2.08. The predicted octanol–water partition coefficient (Wildman–Crippen LogP) is -0.467. The maximum Gasteiger partial charge on any atom is 0.116 e. The molecule has 0 aliphatic rings. The van der Waals surface area contributed by atoms with Gasteiger partial charge in [0.1, 0.15) is 6.23 Å². The van der Waals surface area contributed by atoms with Crippen LogP contribution in [0.5, 0.6) is 0 Å². The average molecular weight is 99.1 g/mol. The van der Waals surface area contributed by atoms with Crippen molar-refractivity contribution in [1.29, 1.82) is 0 Å². The lowest BCUT2D eigenvalue weighted by Crippen LogP contribution is -2.25. The zero-order chi connectivity index (χ0) is 5.86. The van der Waals surface area contributed by atoms with Crippen LogP contribution < -0.4 is 5.73 Å². The molecule has 2 unspecified atom stereocenters. The van der Waals surface area contributed by atoms with E-state index in [9.17, 15) is 0 Å². The Morgan fingerprint density at radius 1 is 1.86 bits per heavy atom. The molecule has 40 valence electrons. The minimum Gasteiger partial charge on any atom is -0.378 e. The van der Waals surface area contributed by atoms with E-state index < -0.39 is 6.23 Å². The number of hydrogen-bond donors (Lipinski definition) is 2. The SMILES string of the molecule is C#CC(C)C(N)O. The van der Waals surface area contributed by atoms with Crippen molar-refractivity contribution in [2.24, 2.45) is 11.7 Å². The Morgan fingerprint density at radius 3 is 2.29 bits per heavy atom. The van der Waals surface area contributed by atoms with Crippen LogP contribution in [0.25, 0.3) is 0 Å². The molecular formula is C5H9NO. The van der Waals surface area contributed by atoms with Crippen molar-refractivity contribution in [3.05, 3.63) is 0 Å². The van der Waals surface area contributed by atoms with Crippen molar-refractivity contribution in [2.45, 2.75) is 13.2 Å². The smallest absolute Gasteiger partial charge is 0.116 e. The average Bonchev–Trinajstić information content (AvgIpc) is 1.65. The fourth-order valence-corrected chi connectivity index (χ4v) is 0.0986. The number of nitrogens with two attached hydrogens (primary N) is 1. The van der Waals surface area contributed by atoms with Gasteiger partial charge in [0.15, 0.2) is 0 Å². The standard InChI is InChI=1S/C5H9NO/c1-3-4(2)5(6)7/h1,4-5,7H,6H2,2H3. The molecule has 0 rings (SSSR count). The van der Waals surface area contributed by atoms with E-state index in [4.69, 9.17) is 17.3 Å². The second-order valence-electron chi connectivity index (χ2n) is 1.45. The van der Waals surface area contributed by atoms with Crippen molar-refractivity contribution < 1.29 is 5.11 Å². The summed E-state index contributed by atoms with van der Waals surface area (Å²) in [5.41, 5.74) is 4.96. The number of hydrogen-bond acceptors (Lipinski definition) is 2. The summed E-state index contributed by atoms with van der Waals surface area (Å²) in [4.78, 5) is 0. The summed E-state index contributed by atoms with van der Waals surface area (Å²) in [5.74, 6) is 2.05. The third-order valence-electron chi connectivity index (χ3n) is 0.775. The maximum atomic E-state index is 8.46. The van der Waals surface area contributed by atoms with Crippen LogP contribution in [0.15, 0.2) is 0 Å². The molecule has 0 heterocycles. The maximum absolute atomic E-state index is 8.46. The van der Waals surface area contributed by atoms with E-state index in [-0.39, 0.29) is 5.92 Å². The highest BCUT2D eigenvalue weighted by Crippen LogP contribution is 1.91. The molecule has 0 aliphatic heterocycles. The van der Waals surface area contributed by atoms with Gasteiger partial charge in [0.25, 0.3) is 0 Å². The Kier molecular flexibility index (Phi) is 2.42. The van der Waals surface area contributed by atoms with Crippen molar-refractivity contribution in [1.82, 2.24) is 0 Å². The summed E-state index contributed by atoms with van der Waals surface area (Å²) >= 11 is 0. The van der Waals surface area contributed by atoms with Crippen LogP contribution in [0, 0.1) is 18.3 Å².